The van der Waals surface area contributed by atoms with Crippen LogP contribution in [0.5, 0.6) is 23.0 Å². The summed E-state index contributed by atoms with van der Waals surface area (Å²) >= 11 is 0. The van der Waals surface area contributed by atoms with E-state index in [9.17, 15) is 92.3 Å². The lowest BCUT2D eigenvalue weighted by Crippen LogP contribution is -2.29. The summed E-state index contributed by atoms with van der Waals surface area (Å²) in [6.45, 7) is 0. The minimum Gasteiger partial charge on any atom is -0.478 e. The number of carboxylic acid groups (broad SMARTS) is 4. The van der Waals surface area contributed by atoms with Crippen LogP contribution in [0.4, 0.5) is 52.7 Å². The topological polar surface area (TPSA) is 168 Å². The van der Waals surface area contributed by atoms with Crippen LogP contribution in [0.2, 0.25) is 0 Å². The highest BCUT2D eigenvalue weighted by Crippen LogP contribution is 2.60. The number of alkyl halides is 12. The first kappa shape index (κ1) is 40.3. The van der Waals surface area contributed by atoms with Crippen molar-refractivity contribution in [3.05, 3.63) is 105 Å². The average molecular weight is 786 g/mol. The number of para-hydroxylation sites is 1. The van der Waals surface area contributed by atoms with Crippen LogP contribution in [0.3, 0.4) is 0 Å². The van der Waals surface area contributed by atoms with E-state index in [0.717, 1.165) is 12.1 Å². The molecule has 54 heavy (non-hydrogen) atoms. The molecule has 10 nitrogen and oxygen atoms in total. The Hall–Kier alpha value is -6.48. The molecule has 4 N–H and O–H groups in total. The van der Waals surface area contributed by atoms with Crippen molar-refractivity contribution in [3.63, 3.8) is 0 Å². The molecule has 0 atom stereocenters. The van der Waals surface area contributed by atoms with E-state index >= 15 is 0 Å². The fourth-order valence-corrected chi connectivity index (χ4v) is 5.23. The zero-order valence-corrected chi connectivity index (χ0v) is 25.5. The summed E-state index contributed by atoms with van der Waals surface area (Å²) in [6.07, 6.45) is -27.3. The largest absolute Gasteiger partial charge is 0.478 e. The molecular formula is C32H14F12O10. The summed E-state index contributed by atoms with van der Waals surface area (Å²) in [5.74, 6) is -15.5. The summed E-state index contributed by atoms with van der Waals surface area (Å²) in [7, 11) is 0. The molecule has 0 saturated heterocycles. The van der Waals surface area contributed by atoms with E-state index in [1.165, 1.54) is 0 Å². The molecule has 0 aliphatic rings. The highest BCUT2D eigenvalue weighted by molar-refractivity contribution is 6.04. The molecule has 286 valence electrons. The first-order chi connectivity index (χ1) is 24.7. The minimum atomic E-state index is -6.94. The zero-order valence-electron chi connectivity index (χ0n) is 25.5. The Morgan fingerprint density at radius 3 is 1.19 bits per heavy atom. The lowest BCUT2D eigenvalue weighted by Gasteiger charge is -2.30. The van der Waals surface area contributed by atoms with E-state index in [1.54, 1.807) is 0 Å². The normalized spacial score (nSPS) is 12.3. The van der Waals surface area contributed by atoms with Gasteiger partial charge in [0.1, 0.15) is 39.7 Å². The van der Waals surface area contributed by atoms with Crippen molar-refractivity contribution in [3.8, 4) is 34.1 Å². The van der Waals surface area contributed by atoms with Crippen molar-refractivity contribution in [2.75, 3.05) is 0 Å². The minimum absolute atomic E-state index is 0.271. The van der Waals surface area contributed by atoms with Crippen molar-refractivity contribution >= 4 is 23.9 Å². The van der Waals surface area contributed by atoms with Gasteiger partial charge in [0.05, 0.1) is 27.8 Å². The highest BCUT2D eigenvalue weighted by atomic mass is 19.4. The first-order valence-electron chi connectivity index (χ1n) is 13.9. The number of carbonyl (C=O) groups is 4. The van der Waals surface area contributed by atoms with E-state index in [4.69, 9.17) is 9.47 Å². The van der Waals surface area contributed by atoms with Crippen LogP contribution < -0.4 is 9.47 Å². The van der Waals surface area contributed by atoms with Crippen LogP contribution in [0.1, 0.15) is 63.7 Å². The Kier molecular flexibility index (Phi) is 10.3. The lowest BCUT2D eigenvalue weighted by atomic mass is 9.85. The van der Waals surface area contributed by atoms with E-state index < -0.39 is 127 Å². The van der Waals surface area contributed by atoms with Crippen molar-refractivity contribution in [1.29, 1.82) is 0 Å². The predicted molar refractivity (Wildman–Crippen MR) is 153 cm³/mol. The van der Waals surface area contributed by atoms with Gasteiger partial charge in [-0.15, -0.1) is 0 Å². The molecule has 0 amide bonds. The average Bonchev–Trinajstić information content (AvgIpc) is 3.01. The molecule has 0 bridgehead atoms. The maximum absolute atomic E-state index is 14.9. The van der Waals surface area contributed by atoms with E-state index in [2.05, 4.69) is 0 Å². The molecule has 0 fully saturated rings. The standard InChI is InChI=1S/C32H14F12O10/c33-29(34,35)20-19(11-5-1-2-8-14(11)53-15-9-3-6-12(25(45)46)17(15)27(49)50)24(54-16-10-4-7-13(26(47)48)18(16)28(51)52)23(32(42,43)44)22(31(39,40)41)21(20)30(36,37)38/h1-10H,(H,45,46)(H,47,48)(H,49,50)(H,51,52). The summed E-state index contributed by atoms with van der Waals surface area (Å²) in [4.78, 5) is 47.4. The van der Waals surface area contributed by atoms with Crippen molar-refractivity contribution in [2.24, 2.45) is 0 Å². The van der Waals surface area contributed by atoms with Gasteiger partial charge >= 0.3 is 48.6 Å². The molecule has 0 aromatic heterocycles. The molecule has 0 saturated carbocycles. The molecule has 4 aromatic carbocycles. The van der Waals surface area contributed by atoms with Crippen molar-refractivity contribution in [2.45, 2.75) is 24.7 Å². The lowest BCUT2D eigenvalue weighted by molar-refractivity contribution is -0.182. The van der Waals surface area contributed by atoms with Crippen LogP contribution >= 0.6 is 0 Å². The molecule has 0 radical (unpaired) electrons. The van der Waals surface area contributed by atoms with Crippen LogP contribution in [0.25, 0.3) is 11.1 Å². The van der Waals surface area contributed by atoms with Crippen molar-refractivity contribution in [1.82, 2.24) is 0 Å². The summed E-state index contributed by atoms with van der Waals surface area (Å²) in [5.41, 5.74) is -24.5. The molecule has 4 aromatic rings. The van der Waals surface area contributed by atoms with Gasteiger partial charge in [-0.25, -0.2) is 19.2 Å². The molecule has 0 aliphatic carbocycles. The number of carboxylic acids is 4. The summed E-state index contributed by atoms with van der Waals surface area (Å²) in [5, 5.41) is 38.2. The van der Waals surface area contributed by atoms with E-state index in [1.807, 2.05) is 0 Å². The summed E-state index contributed by atoms with van der Waals surface area (Å²) in [6, 6.07) is 5.61. The van der Waals surface area contributed by atoms with Gasteiger partial charge in [-0.1, -0.05) is 30.3 Å². The second-order valence-electron chi connectivity index (χ2n) is 10.5. The van der Waals surface area contributed by atoms with E-state index in [0.29, 0.717) is 36.4 Å². The molecular weight excluding hydrogens is 772 g/mol. The van der Waals surface area contributed by atoms with Gasteiger partial charge in [0.25, 0.3) is 0 Å². The SMILES string of the molecule is O=C(O)c1cccc(Oc2ccccc2-c2c(Oc3cccc(C(=O)O)c3C(=O)O)c(C(F)(F)F)c(C(F)(F)F)c(C(F)(F)F)c2C(F)(F)F)c1C(=O)O. The number of ether oxygens (including phenoxy) is 2. The number of rotatable bonds is 9. The van der Waals surface area contributed by atoms with Gasteiger partial charge in [-0.3, -0.25) is 0 Å². The second-order valence-corrected chi connectivity index (χ2v) is 10.5. The molecule has 0 heterocycles. The monoisotopic (exact) mass is 786 g/mol. The molecule has 4 rings (SSSR count). The third-order valence-corrected chi connectivity index (χ3v) is 7.12. The zero-order chi connectivity index (χ0) is 40.9. The van der Waals surface area contributed by atoms with Gasteiger partial charge in [-0.05, 0) is 30.3 Å². The Labute approximate surface area is 290 Å². The van der Waals surface area contributed by atoms with E-state index in [-0.39, 0.29) is 12.1 Å². The number of aromatic carboxylic acids is 4. The fraction of sp³-hybridized carbons (Fsp3) is 0.125. The molecule has 0 unspecified atom stereocenters. The fourth-order valence-electron chi connectivity index (χ4n) is 5.23. The van der Waals surface area contributed by atoms with Crippen molar-refractivity contribution < 1.29 is 102 Å². The van der Waals surface area contributed by atoms with Crippen LogP contribution in [-0.2, 0) is 24.7 Å². The number of hydrogen-bond acceptors (Lipinski definition) is 6. The van der Waals surface area contributed by atoms with Gasteiger partial charge in [0.2, 0.25) is 0 Å². The number of halogens is 12. The van der Waals surface area contributed by atoms with Gasteiger partial charge < -0.3 is 29.9 Å². The van der Waals surface area contributed by atoms with Gasteiger partial charge in [-0.2, -0.15) is 52.7 Å². The smallest absolute Gasteiger partial charge is 0.420 e. The number of benzene rings is 4. The maximum Gasteiger partial charge on any atom is 0.420 e. The Morgan fingerprint density at radius 1 is 0.426 bits per heavy atom. The van der Waals surface area contributed by atoms with Crippen LogP contribution in [-0.4, -0.2) is 44.3 Å². The third kappa shape index (κ3) is 7.66. The Bertz CT molecular complexity index is 2200. The predicted octanol–water partition coefficient (Wildman–Crippen LogP) is 9.81. The first-order valence-corrected chi connectivity index (χ1v) is 13.9. The Balaban J connectivity index is 2.37. The van der Waals surface area contributed by atoms with Gasteiger partial charge in [0.15, 0.2) is 0 Å². The van der Waals surface area contributed by atoms with Crippen LogP contribution in [0.15, 0.2) is 60.7 Å². The third-order valence-electron chi connectivity index (χ3n) is 7.12. The quantitative estimate of drug-likeness (QED) is 0.120. The second kappa shape index (κ2) is 13.8. The molecule has 0 spiro atoms. The maximum atomic E-state index is 14.9. The molecule has 22 heteroatoms. The Morgan fingerprint density at radius 2 is 0.796 bits per heavy atom. The van der Waals surface area contributed by atoms with Crippen LogP contribution in [0, 0.1) is 0 Å². The highest BCUT2D eigenvalue weighted by Gasteiger charge is 2.58. The summed E-state index contributed by atoms with van der Waals surface area (Å²) < 4.78 is 186. The molecule has 0 aliphatic heterocycles. The van der Waals surface area contributed by atoms with Gasteiger partial charge in [0, 0.05) is 11.1 Å². The number of hydrogen-bond donors (Lipinski definition) is 4.